The highest BCUT2D eigenvalue weighted by Crippen LogP contribution is 2.43. The van der Waals surface area contributed by atoms with Gasteiger partial charge in [-0.1, -0.05) is 23.2 Å². The average Bonchev–Trinajstić information content (AvgIpc) is 2.54. The molecule has 0 radical (unpaired) electrons. The monoisotopic (exact) mass is 358 g/mol. The average molecular weight is 359 g/mol. The first-order valence-corrected chi connectivity index (χ1v) is 8.08. The summed E-state index contributed by atoms with van der Waals surface area (Å²) >= 11 is 12.2. The Morgan fingerprint density at radius 3 is 2.74 bits per heavy atom. The van der Waals surface area contributed by atoms with Crippen LogP contribution in [-0.4, -0.2) is 52.2 Å². The number of nitrogens with zero attached hydrogens (tertiary/aromatic N) is 1. The molecule has 0 spiro atoms. The number of halogens is 2. The van der Waals surface area contributed by atoms with Crippen molar-refractivity contribution < 1.29 is 19.8 Å². The number of nitrogens with one attached hydrogen (secondary N) is 1. The Morgan fingerprint density at radius 2 is 2.04 bits per heavy atom. The van der Waals surface area contributed by atoms with Crippen molar-refractivity contribution in [3.05, 3.63) is 27.7 Å². The lowest BCUT2D eigenvalue weighted by molar-refractivity contribution is -0.152. The van der Waals surface area contributed by atoms with Crippen molar-refractivity contribution in [1.82, 2.24) is 10.2 Å². The zero-order chi connectivity index (χ0) is 16.7. The maximum absolute atomic E-state index is 12.2. The van der Waals surface area contributed by atoms with E-state index in [1.54, 1.807) is 0 Å². The van der Waals surface area contributed by atoms with Gasteiger partial charge in [0.25, 0.3) is 0 Å². The molecule has 3 N–H and O–H groups in total. The number of hydrogen-bond donors (Lipinski definition) is 3. The molecular formula is C15H16Cl2N2O4. The predicted molar refractivity (Wildman–Crippen MR) is 84.6 cm³/mol. The van der Waals surface area contributed by atoms with Crippen LogP contribution in [0.5, 0.6) is 5.75 Å². The van der Waals surface area contributed by atoms with Gasteiger partial charge in [-0.05, 0) is 30.9 Å². The predicted octanol–water partition coefficient (Wildman–Crippen LogP) is 1.26. The van der Waals surface area contributed by atoms with Gasteiger partial charge in [-0.2, -0.15) is 0 Å². The maximum Gasteiger partial charge on any atom is 0.248 e. The number of aliphatic hydroxyl groups is 1. The molecule has 2 aliphatic rings. The van der Waals surface area contributed by atoms with E-state index >= 15 is 0 Å². The number of hydrogen-bond acceptors (Lipinski definition) is 4. The number of phenolic OH excluding ortho intramolecular Hbond substituents is 1. The molecule has 2 saturated heterocycles. The molecule has 23 heavy (non-hydrogen) atoms. The number of piperidine rings is 1. The van der Waals surface area contributed by atoms with Crippen LogP contribution < -0.4 is 5.32 Å². The molecule has 1 aromatic rings. The number of aromatic hydroxyl groups is 1. The summed E-state index contributed by atoms with van der Waals surface area (Å²) in [5.74, 6) is -0.719. The normalized spacial score (nSPS) is 27.6. The molecule has 3 atom stereocenters. The number of phenols is 1. The van der Waals surface area contributed by atoms with E-state index in [1.165, 1.54) is 17.0 Å². The number of amides is 2. The lowest BCUT2D eigenvalue weighted by Gasteiger charge is -2.44. The third-order valence-electron chi connectivity index (χ3n) is 4.50. The summed E-state index contributed by atoms with van der Waals surface area (Å²) in [6.45, 7) is -0.0570. The highest BCUT2D eigenvalue weighted by Gasteiger charge is 2.44. The third-order valence-corrected chi connectivity index (χ3v) is 5.32. The minimum Gasteiger partial charge on any atom is -0.508 e. The summed E-state index contributed by atoms with van der Waals surface area (Å²) in [5.41, 5.74) is 0.517. The summed E-state index contributed by atoms with van der Waals surface area (Å²) in [4.78, 5) is 25.9. The standard InChI is InChI=1S/C15H16Cl2N2O4/c16-8-1-2-11(21)12(13(8)17)7-3-4-19-10(5-7)14(22)18-9(6-20)15(19)23/h1-2,7,9-10,20-21H,3-6H2,(H,18,22)/t7-,9-,10+/m1/s1. The van der Waals surface area contributed by atoms with E-state index in [9.17, 15) is 19.8 Å². The number of fused-ring (bicyclic) bond motifs is 1. The van der Waals surface area contributed by atoms with E-state index in [-0.39, 0.29) is 28.5 Å². The first-order chi connectivity index (χ1) is 10.9. The van der Waals surface area contributed by atoms with Crippen LogP contribution >= 0.6 is 23.2 Å². The molecule has 6 nitrogen and oxygen atoms in total. The van der Waals surface area contributed by atoms with Crippen LogP contribution in [-0.2, 0) is 9.59 Å². The van der Waals surface area contributed by atoms with Crippen molar-refractivity contribution in [1.29, 1.82) is 0 Å². The summed E-state index contributed by atoms with van der Waals surface area (Å²) in [6, 6.07) is 1.49. The van der Waals surface area contributed by atoms with Crippen LogP contribution in [0, 0.1) is 0 Å². The topological polar surface area (TPSA) is 89.9 Å². The molecule has 0 aliphatic carbocycles. The zero-order valence-electron chi connectivity index (χ0n) is 12.1. The number of rotatable bonds is 2. The summed E-state index contributed by atoms with van der Waals surface area (Å²) in [5, 5.41) is 22.4. The number of piperazine rings is 1. The SMILES string of the molecule is O=C1N[C@H](CO)C(=O)N2CC[C@@H](c3c(O)ccc(Cl)c3Cl)C[C@@H]12. The van der Waals surface area contributed by atoms with Crippen LogP contribution in [0.15, 0.2) is 12.1 Å². The summed E-state index contributed by atoms with van der Waals surface area (Å²) < 4.78 is 0. The van der Waals surface area contributed by atoms with Crippen molar-refractivity contribution >= 4 is 35.0 Å². The van der Waals surface area contributed by atoms with Gasteiger partial charge in [0.2, 0.25) is 11.8 Å². The zero-order valence-corrected chi connectivity index (χ0v) is 13.6. The molecule has 2 amide bonds. The molecule has 0 saturated carbocycles. The highest BCUT2D eigenvalue weighted by molar-refractivity contribution is 6.42. The second kappa shape index (κ2) is 6.19. The Labute approximate surface area is 143 Å². The molecule has 1 aromatic carbocycles. The molecule has 0 bridgehead atoms. The summed E-state index contributed by atoms with van der Waals surface area (Å²) in [7, 11) is 0. The molecule has 2 aliphatic heterocycles. The largest absolute Gasteiger partial charge is 0.508 e. The Kier molecular flexibility index (Phi) is 4.40. The fourth-order valence-corrected chi connectivity index (χ4v) is 3.82. The van der Waals surface area contributed by atoms with Gasteiger partial charge < -0.3 is 20.4 Å². The van der Waals surface area contributed by atoms with Crippen LogP contribution in [0.3, 0.4) is 0 Å². The minimum atomic E-state index is -0.876. The smallest absolute Gasteiger partial charge is 0.248 e. The van der Waals surface area contributed by atoms with Gasteiger partial charge in [-0.3, -0.25) is 9.59 Å². The van der Waals surface area contributed by atoms with Gasteiger partial charge in [-0.15, -0.1) is 0 Å². The number of carbonyl (C=O) groups excluding carboxylic acids is 2. The third kappa shape index (κ3) is 2.75. The summed E-state index contributed by atoms with van der Waals surface area (Å²) in [6.07, 6.45) is 0.907. The van der Waals surface area contributed by atoms with Gasteiger partial charge >= 0.3 is 0 Å². The van der Waals surface area contributed by atoms with E-state index in [2.05, 4.69) is 5.32 Å². The number of benzene rings is 1. The molecule has 8 heteroatoms. The fraction of sp³-hybridized carbons (Fsp3) is 0.467. The Hall–Kier alpha value is -1.50. The van der Waals surface area contributed by atoms with Crippen LogP contribution in [0.4, 0.5) is 0 Å². The van der Waals surface area contributed by atoms with Crippen molar-refractivity contribution in [2.75, 3.05) is 13.2 Å². The van der Waals surface area contributed by atoms with Crippen molar-refractivity contribution in [3.8, 4) is 5.75 Å². The second-order valence-corrected chi connectivity index (χ2v) is 6.59. The number of aliphatic hydroxyl groups excluding tert-OH is 1. The number of carbonyl (C=O) groups is 2. The first-order valence-electron chi connectivity index (χ1n) is 7.32. The van der Waals surface area contributed by atoms with Crippen molar-refractivity contribution in [3.63, 3.8) is 0 Å². The first kappa shape index (κ1) is 16.4. The van der Waals surface area contributed by atoms with Crippen LogP contribution in [0.1, 0.15) is 24.3 Å². The lowest BCUT2D eigenvalue weighted by atomic mass is 9.83. The minimum absolute atomic E-state index is 0.0358. The second-order valence-electron chi connectivity index (χ2n) is 5.81. The quantitative estimate of drug-likeness (QED) is 0.742. The van der Waals surface area contributed by atoms with Gasteiger partial charge in [0, 0.05) is 12.1 Å². The van der Waals surface area contributed by atoms with Gasteiger partial charge in [0.1, 0.15) is 17.8 Å². The van der Waals surface area contributed by atoms with E-state index in [4.69, 9.17) is 23.2 Å². The van der Waals surface area contributed by atoms with Crippen molar-refractivity contribution in [2.24, 2.45) is 0 Å². The van der Waals surface area contributed by atoms with Crippen LogP contribution in [0.25, 0.3) is 0 Å². The van der Waals surface area contributed by atoms with E-state index in [0.717, 1.165) is 0 Å². The van der Waals surface area contributed by atoms with Gasteiger partial charge in [0.15, 0.2) is 0 Å². The van der Waals surface area contributed by atoms with Crippen molar-refractivity contribution in [2.45, 2.75) is 30.8 Å². The molecule has 0 unspecified atom stereocenters. The molecule has 124 valence electrons. The molecule has 2 fully saturated rings. The van der Waals surface area contributed by atoms with Crippen LogP contribution in [0.2, 0.25) is 10.0 Å². The maximum atomic E-state index is 12.2. The Balaban J connectivity index is 1.88. The Bertz CT molecular complexity index is 667. The fourth-order valence-electron chi connectivity index (χ4n) is 3.34. The molecule has 0 aromatic heterocycles. The molecule has 2 heterocycles. The van der Waals surface area contributed by atoms with E-state index in [1.807, 2.05) is 0 Å². The van der Waals surface area contributed by atoms with E-state index < -0.39 is 18.7 Å². The highest BCUT2D eigenvalue weighted by atomic mass is 35.5. The van der Waals surface area contributed by atoms with E-state index in [0.29, 0.717) is 30.0 Å². The molecular weight excluding hydrogens is 343 g/mol. The lowest BCUT2D eigenvalue weighted by Crippen LogP contribution is -2.66. The molecule has 3 rings (SSSR count). The van der Waals surface area contributed by atoms with Gasteiger partial charge in [-0.25, -0.2) is 0 Å². The van der Waals surface area contributed by atoms with Gasteiger partial charge in [0.05, 0.1) is 16.7 Å². The Morgan fingerprint density at radius 1 is 1.30 bits per heavy atom.